The van der Waals surface area contributed by atoms with Gasteiger partial charge in [-0.2, -0.15) is 0 Å². The standard InChI is InChI=1S/C17H23FN2S/c1-5-19-10-16-15(8-11(2)3)20-17(21-16)13-9-12(4)6-7-14(13)18/h6-7,9,11,19H,5,8,10H2,1-4H3. The van der Waals surface area contributed by atoms with Gasteiger partial charge in [0.15, 0.2) is 0 Å². The van der Waals surface area contributed by atoms with Gasteiger partial charge in [0, 0.05) is 17.0 Å². The Bertz CT molecular complexity index is 605. The summed E-state index contributed by atoms with van der Waals surface area (Å²) in [6.45, 7) is 10.2. The molecule has 0 aliphatic carbocycles. The Morgan fingerprint density at radius 2 is 2.10 bits per heavy atom. The van der Waals surface area contributed by atoms with E-state index in [1.54, 1.807) is 17.4 Å². The Labute approximate surface area is 130 Å². The van der Waals surface area contributed by atoms with E-state index in [0.717, 1.165) is 35.8 Å². The molecule has 0 spiro atoms. The normalized spacial score (nSPS) is 11.3. The van der Waals surface area contributed by atoms with E-state index in [2.05, 4.69) is 26.1 Å². The monoisotopic (exact) mass is 306 g/mol. The number of benzene rings is 1. The molecule has 114 valence electrons. The highest BCUT2D eigenvalue weighted by molar-refractivity contribution is 7.15. The van der Waals surface area contributed by atoms with Crippen LogP contribution in [-0.4, -0.2) is 11.5 Å². The van der Waals surface area contributed by atoms with E-state index in [4.69, 9.17) is 4.98 Å². The maximum atomic E-state index is 14.1. The lowest BCUT2D eigenvalue weighted by Gasteiger charge is -2.04. The summed E-state index contributed by atoms with van der Waals surface area (Å²) in [7, 11) is 0. The summed E-state index contributed by atoms with van der Waals surface area (Å²) in [4.78, 5) is 5.94. The molecule has 21 heavy (non-hydrogen) atoms. The summed E-state index contributed by atoms with van der Waals surface area (Å²) in [5.74, 6) is 0.350. The molecular weight excluding hydrogens is 283 g/mol. The molecule has 4 heteroatoms. The zero-order chi connectivity index (χ0) is 15.4. The smallest absolute Gasteiger partial charge is 0.133 e. The van der Waals surface area contributed by atoms with Gasteiger partial charge in [-0.05, 0) is 37.9 Å². The molecule has 0 amide bonds. The third-order valence-electron chi connectivity index (χ3n) is 3.27. The lowest BCUT2D eigenvalue weighted by Crippen LogP contribution is -2.12. The highest BCUT2D eigenvalue weighted by atomic mass is 32.1. The van der Waals surface area contributed by atoms with Crippen LogP contribution in [0, 0.1) is 18.7 Å². The van der Waals surface area contributed by atoms with Crippen LogP contribution in [0.2, 0.25) is 0 Å². The first-order valence-corrected chi connectivity index (χ1v) is 8.28. The van der Waals surface area contributed by atoms with Crippen LogP contribution >= 0.6 is 11.3 Å². The van der Waals surface area contributed by atoms with Gasteiger partial charge in [0.2, 0.25) is 0 Å². The zero-order valence-corrected chi connectivity index (χ0v) is 14.0. The van der Waals surface area contributed by atoms with E-state index in [1.807, 2.05) is 13.0 Å². The van der Waals surface area contributed by atoms with Crippen LogP contribution in [0.15, 0.2) is 18.2 Å². The lowest BCUT2D eigenvalue weighted by atomic mass is 10.1. The predicted octanol–water partition coefficient (Wildman–Crippen LogP) is 4.57. The molecule has 0 saturated heterocycles. The fourth-order valence-electron chi connectivity index (χ4n) is 2.22. The number of hydrogen-bond acceptors (Lipinski definition) is 3. The van der Waals surface area contributed by atoms with E-state index in [9.17, 15) is 4.39 Å². The van der Waals surface area contributed by atoms with Crippen LogP contribution < -0.4 is 5.32 Å². The summed E-state index contributed by atoms with van der Waals surface area (Å²) in [5.41, 5.74) is 2.78. The second-order valence-corrected chi connectivity index (χ2v) is 6.83. The molecule has 0 bridgehead atoms. The number of halogens is 1. The second kappa shape index (κ2) is 7.14. The fourth-order valence-corrected chi connectivity index (χ4v) is 3.30. The SMILES string of the molecule is CCNCc1sc(-c2cc(C)ccc2F)nc1CC(C)C. The van der Waals surface area contributed by atoms with Crippen molar-refractivity contribution in [1.82, 2.24) is 10.3 Å². The van der Waals surface area contributed by atoms with Gasteiger partial charge in [0.1, 0.15) is 10.8 Å². The van der Waals surface area contributed by atoms with Gasteiger partial charge in [-0.25, -0.2) is 9.37 Å². The number of nitrogens with one attached hydrogen (secondary N) is 1. The summed E-state index contributed by atoms with van der Waals surface area (Å²) < 4.78 is 14.1. The first-order valence-electron chi connectivity index (χ1n) is 7.47. The van der Waals surface area contributed by atoms with Gasteiger partial charge in [0.05, 0.1) is 5.69 Å². The summed E-state index contributed by atoms with van der Waals surface area (Å²) in [6, 6.07) is 5.20. The lowest BCUT2D eigenvalue weighted by molar-refractivity contribution is 0.625. The van der Waals surface area contributed by atoms with E-state index < -0.39 is 0 Å². The average Bonchev–Trinajstić information content (AvgIpc) is 2.81. The summed E-state index contributed by atoms with van der Waals surface area (Å²) in [6.07, 6.45) is 0.935. The molecule has 1 N–H and O–H groups in total. The Morgan fingerprint density at radius 3 is 2.76 bits per heavy atom. The zero-order valence-electron chi connectivity index (χ0n) is 13.2. The molecule has 1 heterocycles. The van der Waals surface area contributed by atoms with Crippen LogP contribution in [-0.2, 0) is 13.0 Å². The predicted molar refractivity (Wildman–Crippen MR) is 88.2 cm³/mol. The Hall–Kier alpha value is -1.26. The van der Waals surface area contributed by atoms with Crippen molar-refractivity contribution in [1.29, 1.82) is 0 Å². The number of nitrogens with zero attached hydrogens (tertiary/aromatic N) is 1. The van der Waals surface area contributed by atoms with Crippen molar-refractivity contribution in [3.05, 3.63) is 40.2 Å². The number of aryl methyl sites for hydroxylation is 1. The van der Waals surface area contributed by atoms with E-state index >= 15 is 0 Å². The van der Waals surface area contributed by atoms with Crippen molar-refractivity contribution in [2.45, 2.75) is 40.7 Å². The summed E-state index contributed by atoms with van der Waals surface area (Å²) >= 11 is 1.60. The number of aromatic nitrogens is 1. The van der Waals surface area contributed by atoms with Crippen molar-refractivity contribution >= 4 is 11.3 Å². The fraction of sp³-hybridized carbons (Fsp3) is 0.471. The molecule has 0 aliphatic heterocycles. The maximum absolute atomic E-state index is 14.1. The van der Waals surface area contributed by atoms with Crippen LogP contribution in [0.5, 0.6) is 0 Å². The topological polar surface area (TPSA) is 24.9 Å². The highest BCUT2D eigenvalue weighted by Crippen LogP contribution is 2.31. The Balaban J connectivity index is 2.39. The highest BCUT2D eigenvalue weighted by Gasteiger charge is 2.16. The molecular formula is C17H23FN2S. The third-order valence-corrected chi connectivity index (χ3v) is 4.40. The van der Waals surface area contributed by atoms with Gasteiger partial charge in [-0.3, -0.25) is 0 Å². The van der Waals surface area contributed by atoms with E-state index in [-0.39, 0.29) is 5.82 Å². The van der Waals surface area contributed by atoms with Gasteiger partial charge in [0.25, 0.3) is 0 Å². The van der Waals surface area contributed by atoms with Gasteiger partial charge >= 0.3 is 0 Å². The number of hydrogen-bond donors (Lipinski definition) is 1. The number of rotatable bonds is 6. The van der Waals surface area contributed by atoms with Gasteiger partial charge in [-0.1, -0.05) is 32.4 Å². The maximum Gasteiger partial charge on any atom is 0.133 e. The Kier molecular flexibility index (Phi) is 5.48. The van der Waals surface area contributed by atoms with Crippen LogP contribution in [0.4, 0.5) is 4.39 Å². The molecule has 0 unspecified atom stereocenters. The third kappa shape index (κ3) is 4.11. The molecule has 2 rings (SSSR count). The minimum Gasteiger partial charge on any atom is -0.312 e. The van der Waals surface area contributed by atoms with Crippen molar-refractivity contribution in [2.75, 3.05) is 6.54 Å². The molecule has 2 nitrogen and oxygen atoms in total. The van der Waals surface area contributed by atoms with Crippen LogP contribution in [0.3, 0.4) is 0 Å². The largest absolute Gasteiger partial charge is 0.312 e. The van der Waals surface area contributed by atoms with Gasteiger partial charge < -0.3 is 5.32 Å². The molecule has 0 fully saturated rings. The van der Waals surface area contributed by atoms with Crippen molar-refractivity contribution in [3.8, 4) is 10.6 Å². The summed E-state index contributed by atoms with van der Waals surface area (Å²) in [5, 5.41) is 4.14. The minimum atomic E-state index is -0.194. The minimum absolute atomic E-state index is 0.194. The quantitative estimate of drug-likeness (QED) is 0.846. The molecule has 0 aliphatic rings. The second-order valence-electron chi connectivity index (χ2n) is 5.75. The van der Waals surface area contributed by atoms with Gasteiger partial charge in [-0.15, -0.1) is 11.3 Å². The van der Waals surface area contributed by atoms with E-state index in [1.165, 1.54) is 10.9 Å². The molecule has 1 aromatic carbocycles. The van der Waals surface area contributed by atoms with Crippen molar-refractivity contribution in [3.63, 3.8) is 0 Å². The molecule has 0 atom stereocenters. The van der Waals surface area contributed by atoms with Crippen molar-refractivity contribution < 1.29 is 4.39 Å². The Morgan fingerprint density at radius 1 is 1.33 bits per heavy atom. The first kappa shape index (κ1) is 16.1. The first-order chi connectivity index (χ1) is 10.0. The molecule has 0 saturated carbocycles. The van der Waals surface area contributed by atoms with Crippen LogP contribution in [0.1, 0.15) is 36.9 Å². The molecule has 0 radical (unpaired) electrons. The van der Waals surface area contributed by atoms with Crippen molar-refractivity contribution in [2.24, 2.45) is 5.92 Å². The average molecular weight is 306 g/mol. The molecule has 2 aromatic rings. The molecule has 1 aromatic heterocycles. The van der Waals surface area contributed by atoms with Crippen LogP contribution in [0.25, 0.3) is 10.6 Å². The number of thiazole rings is 1. The van der Waals surface area contributed by atoms with E-state index in [0.29, 0.717) is 11.5 Å².